The molecule has 0 aliphatic rings. The first-order chi connectivity index (χ1) is 9.69. The Labute approximate surface area is 113 Å². The van der Waals surface area contributed by atoms with Crippen LogP contribution in [0.5, 0.6) is 0 Å². The van der Waals surface area contributed by atoms with Crippen LogP contribution in [0.1, 0.15) is 10.4 Å². The van der Waals surface area contributed by atoms with Crippen LogP contribution >= 0.6 is 0 Å². The van der Waals surface area contributed by atoms with Crippen molar-refractivity contribution < 1.29 is 18.4 Å². The molecule has 0 amide bonds. The van der Waals surface area contributed by atoms with Gasteiger partial charge in [-0.3, -0.25) is 0 Å². The normalized spacial score (nSPS) is 10.7. The zero-order chi connectivity index (χ0) is 14.1. The second-order valence-electron chi connectivity index (χ2n) is 4.16. The quantitative estimate of drug-likeness (QED) is 0.529. The van der Waals surface area contributed by atoms with Gasteiger partial charge in [-0.05, 0) is 30.3 Å². The summed E-state index contributed by atoms with van der Waals surface area (Å²) >= 11 is 0. The molecule has 3 aromatic rings. The number of hydrogen-bond acceptors (Lipinski definition) is 5. The van der Waals surface area contributed by atoms with Crippen LogP contribution in [0, 0.1) is 0 Å². The van der Waals surface area contributed by atoms with E-state index in [0.29, 0.717) is 27.9 Å². The van der Waals surface area contributed by atoms with Gasteiger partial charge in [0.1, 0.15) is 11.3 Å². The molecule has 0 spiro atoms. The second kappa shape index (κ2) is 4.70. The van der Waals surface area contributed by atoms with Gasteiger partial charge in [-0.15, -0.1) is 0 Å². The van der Waals surface area contributed by atoms with E-state index in [-0.39, 0.29) is 0 Å². The van der Waals surface area contributed by atoms with Gasteiger partial charge in [-0.1, -0.05) is 0 Å². The lowest BCUT2D eigenvalue weighted by Gasteiger charge is -2.07. The summed E-state index contributed by atoms with van der Waals surface area (Å²) in [5.41, 5.74) is 0.803. The zero-order valence-electron chi connectivity index (χ0n) is 10.6. The zero-order valence-corrected chi connectivity index (χ0v) is 10.6. The number of carbonyl (C=O) groups excluding carboxylic acids is 1. The summed E-state index contributed by atoms with van der Waals surface area (Å²) in [4.78, 5) is 23.2. The van der Waals surface area contributed by atoms with Gasteiger partial charge in [-0.25, -0.2) is 9.59 Å². The molecule has 100 valence electrons. The van der Waals surface area contributed by atoms with E-state index in [9.17, 15) is 9.59 Å². The highest BCUT2D eigenvalue weighted by atomic mass is 16.5. The fraction of sp³-hybridized carbons (Fsp3) is 0.0667. The highest BCUT2D eigenvalue weighted by molar-refractivity contribution is 6.01. The standard InChI is InChI=1S/C15H10O5/c1-18-15(17)11-7-9-4-5-14(16)20-13(9)8-10(11)12-3-2-6-19-12/h2-8H,1H3. The van der Waals surface area contributed by atoms with Crippen LogP contribution < -0.4 is 5.63 Å². The minimum absolute atomic E-state index is 0.351. The Morgan fingerprint density at radius 2 is 2.05 bits per heavy atom. The van der Waals surface area contributed by atoms with Crippen molar-refractivity contribution in [1.29, 1.82) is 0 Å². The van der Waals surface area contributed by atoms with Crippen LogP contribution in [0.4, 0.5) is 0 Å². The number of furan rings is 1. The van der Waals surface area contributed by atoms with Crippen molar-refractivity contribution in [2.75, 3.05) is 7.11 Å². The van der Waals surface area contributed by atoms with Crippen LogP contribution in [0.2, 0.25) is 0 Å². The largest absolute Gasteiger partial charge is 0.465 e. The molecule has 0 N–H and O–H groups in total. The predicted octanol–water partition coefficient (Wildman–Crippen LogP) is 2.84. The van der Waals surface area contributed by atoms with Gasteiger partial charge in [0.2, 0.25) is 0 Å². The molecule has 0 unspecified atom stereocenters. The van der Waals surface area contributed by atoms with Gasteiger partial charge in [-0.2, -0.15) is 0 Å². The van der Waals surface area contributed by atoms with E-state index in [1.165, 1.54) is 19.4 Å². The molecule has 5 heteroatoms. The number of rotatable bonds is 2. The summed E-state index contributed by atoms with van der Waals surface area (Å²) in [5, 5.41) is 0.639. The van der Waals surface area contributed by atoms with Gasteiger partial charge in [0.15, 0.2) is 0 Å². The third-order valence-corrected chi connectivity index (χ3v) is 2.95. The predicted molar refractivity (Wildman–Crippen MR) is 71.5 cm³/mol. The average Bonchev–Trinajstić information content (AvgIpc) is 2.99. The van der Waals surface area contributed by atoms with E-state index >= 15 is 0 Å². The molecule has 5 nitrogen and oxygen atoms in total. The molecule has 20 heavy (non-hydrogen) atoms. The van der Waals surface area contributed by atoms with E-state index in [1.807, 2.05) is 0 Å². The van der Waals surface area contributed by atoms with Gasteiger partial charge in [0, 0.05) is 17.0 Å². The third kappa shape index (κ3) is 1.99. The Balaban J connectivity index is 2.34. The molecule has 0 radical (unpaired) electrons. The first kappa shape index (κ1) is 12.2. The van der Waals surface area contributed by atoms with Crippen LogP contribution in [0.15, 0.2) is 56.3 Å². The number of hydrogen-bond donors (Lipinski definition) is 0. The van der Waals surface area contributed by atoms with E-state index in [1.54, 1.807) is 30.3 Å². The maximum atomic E-state index is 11.9. The fourth-order valence-corrected chi connectivity index (χ4v) is 2.03. The van der Waals surface area contributed by atoms with Gasteiger partial charge < -0.3 is 13.6 Å². The molecule has 2 aromatic heterocycles. The highest BCUT2D eigenvalue weighted by Crippen LogP contribution is 2.29. The van der Waals surface area contributed by atoms with Crippen LogP contribution in [0.3, 0.4) is 0 Å². The van der Waals surface area contributed by atoms with Crippen molar-refractivity contribution in [3.8, 4) is 11.3 Å². The number of esters is 1. The first-order valence-electron chi connectivity index (χ1n) is 5.89. The number of ether oxygens (including phenoxy) is 1. The lowest BCUT2D eigenvalue weighted by atomic mass is 10.0. The van der Waals surface area contributed by atoms with Gasteiger partial charge in [0.25, 0.3) is 0 Å². The average molecular weight is 270 g/mol. The van der Waals surface area contributed by atoms with Crippen molar-refractivity contribution in [3.63, 3.8) is 0 Å². The highest BCUT2D eigenvalue weighted by Gasteiger charge is 2.17. The van der Waals surface area contributed by atoms with E-state index in [0.717, 1.165) is 0 Å². The number of benzene rings is 1. The van der Waals surface area contributed by atoms with Crippen molar-refractivity contribution in [1.82, 2.24) is 0 Å². The SMILES string of the molecule is COC(=O)c1cc2ccc(=O)oc2cc1-c1ccco1. The summed E-state index contributed by atoms with van der Waals surface area (Å²) in [5.74, 6) is 0.0169. The second-order valence-corrected chi connectivity index (χ2v) is 4.16. The minimum Gasteiger partial charge on any atom is -0.465 e. The van der Waals surface area contributed by atoms with Crippen LogP contribution in [-0.4, -0.2) is 13.1 Å². The summed E-state index contributed by atoms with van der Waals surface area (Å²) in [6.45, 7) is 0. The Morgan fingerprint density at radius 3 is 2.75 bits per heavy atom. The molecule has 0 aliphatic carbocycles. The molecule has 0 saturated heterocycles. The lowest BCUT2D eigenvalue weighted by Crippen LogP contribution is -2.04. The van der Waals surface area contributed by atoms with Crippen molar-refractivity contribution in [2.24, 2.45) is 0 Å². The Morgan fingerprint density at radius 1 is 1.20 bits per heavy atom. The first-order valence-corrected chi connectivity index (χ1v) is 5.89. The molecule has 1 aromatic carbocycles. The third-order valence-electron chi connectivity index (χ3n) is 2.95. The van der Waals surface area contributed by atoms with E-state index in [4.69, 9.17) is 13.6 Å². The molecule has 0 saturated carbocycles. The number of methoxy groups -OCH3 is 1. The van der Waals surface area contributed by atoms with Crippen LogP contribution in [0.25, 0.3) is 22.3 Å². The summed E-state index contributed by atoms with van der Waals surface area (Å²) in [6.07, 6.45) is 1.50. The summed E-state index contributed by atoms with van der Waals surface area (Å²) in [6, 6.07) is 9.54. The number of fused-ring (bicyclic) bond motifs is 1. The van der Waals surface area contributed by atoms with Crippen molar-refractivity contribution >= 4 is 16.9 Å². The van der Waals surface area contributed by atoms with E-state index in [2.05, 4.69) is 0 Å². The fourth-order valence-electron chi connectivity index (χ4n) is 2.03. The molecule has 2 heterocycles. The molecule has 0 aliphatic heterocycles. The number of carbonyl (C=O) groups is 1. The maximum absolute atomic E-state index is 11.9. The molecule has 0 bridgehead atoms. The van der Waals surface area contributed by atoms with E-state index < -0.39 is 11.6 Å². The van der Waals surface area contributed by atoms with Gasteiger partial charge in [0.05, 0.1) is 18.9 Å². The van der Waals surface area contributed by atoms with Crippen molar-refractivity contribution in [2.45, 2.75) is 0 Å². The van der Waals surface area contributed by atoms with Gasteiger partial charge >= 0.3 is 11.6 Å². The van der Waals surface area contributed by atoms with Crippen molar-refractivity contribution in [3.05, 3.63) is 58.6 Å². The molecule has 0 atom stereocenters. The lowest BCUT2D eigenvalue weighted by molar-refractivity contribution is 0.0601. The molecular formula is C15H10O5. The Hall–Kier alpha value is -2.82. The molecular weight excluding hydrogens is 260 g/mol. The molecule has 0 fully saturated rings. The summed E-state index contributed by atoms with van der Waals surface area (Å²) in [7, 11) is 1.31. The molecule has 3 rings (SSSR count). The topological polar surface area (TPSA) is 69.7 Å². The monoisotopic (exact) mass is 270 g/mol. The Kier molecular flexibility index (Phi) is 2.87. The Bertz CT molecular complexity index is 827. The minimum atomic E-state index is -0.482. The summed E-state index contributed by atoms with van der Waals surface area (Å²) < 4.78 is 15.2. The maximum Gasteiger partial charge on any atom is 0.338 e. The smallest absolute Gasteiger partial charge is 0.338 e. The van der Waals surface area contributed by atoms with Crippen LogP contribution in [-0.2, 0) is 4.74 Å².